The van der Waals surface area contributed by atoms with Crippen molar-refractivity contribution in [3.63, 3.8) is 0 Å². The molecule has 0 atom stereocenters. The molecule has 168 valence electrons. The molecule has 2 aromatic carbocycles. The van der Waals surface area contributed by atoms with Crippen LogP contribution in [0, 0.1) is 0 Å². The molecular weight excluding hydrogens is 462 g/mol. The van der Waals surface area contributed by atoms with Gasteiger partial charge in [0.2, 0.25) is 0 Å². The van der Waals surface area contributed by atoms with Gasteiger partial charge in [0, 0.05) is 11.8 Å². The maximum atomic E-state index is 13.4. The molecule has 1 amide bonds. The van der Waals surface area contributed by atoms with Crippen LogP contribution in [0.25, 0.3) is 5.65 Å². The first-order chi connectivity index (χ1) is 15.9. The minimum absolute atomic E-state index is 0.0139. The van der Waals surface area contributed by atoms with Crippen LogP contribution in [0.4, 0.5) is 5.69 Å². The Bertz CT molecular complexity index is 1420. The number of fused-ring (bicyclic) bond motifs is 1. The highest BCUT2D eigenvalue weighted by molar-refractivity contribution is 7.93. The summed E-state index contributed by atoms with van der Waals surface area (Å²) in [5.41, 5.74) is 1.27. The zero-order valence-corrected chi connectivity index (χ0v) is 19.0. The molecule has 4 aromatic rings. The Balaban J connectivity index is 1.61. The van der Waals surface area contributed by atoms with Crippen molar-refractivity contribution in [2.75, 3.05) is 10.8 Å². The molecule has 0 aliphatic rings. The van der Waals surface area contributed by atoms with Crippen molar-refractivity contribution < 1.29 is 13.2 Å². The van der Waals surface area contributed by atoms with E-state index in [9.17, 15) is 13.2 Å². The molecule has 0 unspecified atom stereocenters. The van der Waals surface area contributed by atoms with E-state index in [1.165, 1.54) is 28.6 Å². The highest BCUT2D eigenvalue weighted by Crippen LogP contribution is 2.29. The van der Waals surface area contributed by atoms with Crippen LogP contribution in [0.5, 0.6) is 0 Å². The number of benzene rings is 2. The van der Waals surface area contributed by atoms with Gasteiger partial charge < -0.3 is 5.32 Å². The second kappa shape index (κ2) is 9.43. The highest BCUT2D eigenvalue weighted by atomic mass is 35.5. The van der Waals surface area contributed by atoms with Gasteiger partial charge >= 0.3 is 0 Å². The Morgan fingerprint density at radius 2 is 1.85 bits per heavy atom. The molecule has 0 spiro atoms. The Morgan fingerprint density at radius 1 is 1.09 bits per heavy atom. The van der Waals surface area contributed by atoms with Crippen LogP contribution in [0.2, 0.25) is 5.02 Å². The lowest BCUT2D eigenvalue weighted by molar-refractivity contribution is 0.0949. The van der Waals surface area contributed by atoms with Gasteiger partial charge in [-0.1, -0.05) is 41.9 Å². The van der Waals surface area contributed by atoms with Crippen molar-refractivity contribution in [1.29, 1.82) is 0 Å². The quantitative estimate of drug-likeness (QED) is 0.387. The zero-order valence-electron chi connectivity index (χ0n) is 17.4. The number of nitrogens with zero attached hydrogens (tertiary/aromatic N) is 4. The number of anilines is 1. The molecule has 0 fully saturated rings. The number of rotatable bonds is 8. The average Bonchev–Trinajstić information content (AvgIpc) is 3.24. The standard InChI is InChI=1S/C23H20ClN5O3S/c1-2-13-29(18-8-4-3-5-9-18)33(31,32)20-15-17(11-12-19(20)24)23(30)25-16-22-27-26-21-10-6-7-14-28(21)22/h2-12,14-15H,1,13,16H2,(H,25,30). The van der Waals surface area contributed by atoms with E-state index in [-0.39, 0.29) is 28.6 Å². The van der Waals surface area contributed by atoms with Crippen LogP contribution >= 0.6 is 11.6 Å². The molecule has 0 radical (unpaired) electrons. The van der Waals surface area contributed by atoms with Gasteiger partial charge in [-0.25, -0.2) is 8.42 Å². The molecule has 0 aliphatic heterocycles. The van der Waals surface area contributed by atoms with E-state index in [4.69, 9.17) is 11.6 Å². The van der Waals surface area contributed by atoms with Crippen molar-refractivity contribution in [2.45, 2.75) is 11.4 Å². The van der Waals surface area contributed by atoms with Crippen LogP contribution in [-0.2, 0) is 16.6 Å². The molecule has 2 aromatic heterocycles. The first-order valence-corrected chi connectivity index (χ1v) is 11.8. The second-order valence-corrected chi connectivity index (χ2v) is 9.27. The summed E-state index contributed by atoms with van der Waals surface area (Å²) in [5.74, 6) is 0.0766. The first-order valence-electron chi connectivity index (χ1n) is 9.97. The molecule has 8 nitrogen and oxygen atoms in total. The minimum Gasteiger partial charge on any atom is -0.345 e. The van der Waals surface area contributed by atoms with Crippen molar-refractivity contribution in [2.24, 2.45) is 0 Å². The van der Waals surface area contributed by atoms with E-state index in [0.29, 0.717) is 17.2 Å². The maximum Gasteiger partial charge on any atom is 0.266 e. The van der Waals surface area contributed by atoms with Crippen molar-refractivity contribution in [1.82, 2.24) is 19.9 Å². The topological polar surface area (TPSA) is 96.7 Å². The third kappa shape index (κ3) is 4.59. The van der Waals surface area contributed by atoms with E-state index in [1.54, 1.807) is 47.0 Å². The van der Waals surface area contributed by atoms with E-state index in [2.05, 4.69) is 22.1 Å². The summed E-state index contributed by atoms with van der Waals surface area (Å²) in [5, 5.41) is 10.9. The SMILES string of the molecule is C=CCN(c1ccccc1)S(=O)(=O)c1cc(C(=O)NCc2nnc3ccccn23)ccc1Cl. The lowest BCUT2D eigenvalue weighted by Gasteiger charge is -2.24. The number of carbonyl (C=O) groups is 1. The Morgan fingerprint density at radius 3 is 2.61 bits per heavy atom. The predicted octanol–water partition coefficient (Wildman–Crippen LogP) is 3.69. The van der Waals surface area contributed by atoms with Gasteiger partial charge in [-0.2, -0.15) is 0 Å². The fourth-order valence-corrected chi connectivity index (χ4v) is 5.23. The monoisotopic (exact) mass is 481 g/mol. The molecule has 0 bridgehead atoms. The van der Waals surface area contributed by atoms with Gasteiger partial charge in [0.1, 0.15) is 4.90 Å². The normalized spacial score (nSPS) is 11.3. The number of aromatic nitrogens is 3. The summed E-state index contributed by atoms with van der Waals surface area (Å²) in [6.07, 6.45) is 3.28. The lowest BCUT2D eigenvalue weighted by atomic mass is 10.2. The fourth-order valence-electron chi connectivity index (χ4n) is 3.29. The number of hydrogen-bond acceptors (Lipinski definition) is 5. The largest absolute Gasteiger partial charge is 0.345 e. The minimum atomic E-state index is -4.07. The van der Waals surface area contributed by atoms with Gasteiger partial charge in [-0.15, -0.1) is 16.8 Å². The number of amides is 1. The third-order valence-corrected chi connectivity index (χ3v) is 7.17. The van der Waals surface area contributed by atoms with Crippen molar-refractivity contribution in [3.8, 4) is 0 Å². The Labute approximate surface area is 196 Å². The van der Waals surface area contributed by atoms with Crippen LogP contribution < -0.4 is 9.62 Å². The van der Waals surface area contributed by atoms with E-state index >= 15 is 0 Å². The van der Waals surface area contributed by atoms with Gasteiger partial charge in [-0.3, -0.25) is 13.5 Å². The van der Waals surface area contributed by atoms with E-state index in [1.807, 2.05) is 12.1 Å². The zero-order chi connectivity index (χ0) is 23.4. The summed E-state index contributed by atoms with van der Waals surface area (Å²) in [6, 6.07) is 18.2. The van der Waals surface area contributed by atoms with Crippen LogP contribution in [0.15, 0.2) is 90.5 Å². The molecule has 10 heteroatoms. The van der Waals surface area contributed by atoms with Crippen LogP contribution in [0.1, 0.15) is 16.2 Å². The lowest BCUT2D eigenvalue weighted by Crippen LogP contribution is -2.32. The number of sulfonamides is 1. The number of pyridine rings is 1. The number of carbonyl (C=O) groups excluding carboxylic acids is 1. The third-order valence-electron chi connectivity index (χ3n) is 4.89. The maximum absolute atomic E-state index is 13.4. The number of hydrogen-bond donors (Lipinski definition) is 1. The smallest absolute Gasteiger partial charge is 0.266 e. The van der Waals surface area contributed by atoms with Gasteiger partial charge in [0.25, 0.3) is 15.9 Å². The highest BCUT2D eigenvalue weighted by Gasteiger charge is 2.27. The summed E-state index contributed by atoms with van der Waals surface area (Å²) >= 11 is 6.26. The van der Waals surface area contributed by atoms with Crippen LogP contribution in [-0.4, -0.2) is 35.5 Å². The summed E-state index contributed by atoms with van der Waals surface area (Å²) < 4.78 is 29.8. The average molecular weight is 482 g/mol. The van der Waals surface area contributed by atoms with E-state index in [0.717, 1.165) is 0 Å². The Hall–Kier alpha value is -3.69. The van der Waals surface area contributed by atoms with E-state index < -0.39 is 15.9 Å². The molecule has 4 rings (SSSR count). The summed E-state index contributed by atoms with van der Waals surface area (Å²) in [6.45, 7) is 3.81. The molecule has 0 saturated carbocycles. The summed E-state index contributed by atoms with van der Waals surface area (Å²) in [4.78, 5) is 12.6. The molecule has 0 aliphatic carbocycles. The molecular formula is C23H20ClN5O3S. The van der Waals surface area contributed by atoms with Crippen molar-refractivity contribution in [3.05, 3.63) is 102 Å². The van der Waals surface area contributed by atoms with Crippen molar-refractivity contribution >= 4 is 38.9 Å². The predicted molar refractivity (Wildman–Crippen MR) is 127 cm³/mol. The number of para-hydroxylation sites is 1. The second-order valence-electron chi connectivity index (χ2n) is 7.03. The number of halogens is 1. The first kappa shape index (κ1) is 22.5. The Kier molecular flexibility index (Phi) is 6.43. The summed E-state index contributed by atoms with van der Waals surface area (Å²) in [7, 11) is -4.07. The number of nitrogens with one attached hydrogen (secondary N) is 1. The molecule has 1 N–H and O–H groups in total. The fraction of sp³-hybridized carbons (Fsp3) is 0.0870. The molecule has 0 saturated heterocycles. The van der Waals surface area contributed by atoms with Gasteiger partial charge in [0.05, 0.1) is 23.8 Å². The van der Waals surface area contributed by atoms with Gasteiger partial charge in [-0.05, 0) is 42.5 Å². The van der Waals surface area contributed by atoms with Gasteiger partial charge in [0.15, 0.2) is 11.5 Å². The van der Waals surface area contributed by atoms with Crippen LogP contribution in [0.3, 0.4) is 0 Å². The molecule has 33 heavy (non-hydrogen) atoms. The molecule has 2 heterocycles.